The van der Waals surface area contributed by atoms with Gasteiger partial charge in [-0.25, -0.2) is 0 Å². The Morgan fingerprint density at radius 1 is 0.923 bits per heavy atom. The van der Waals surface area contributed by atoms with Crippen LogP contribution in [-0.4, -0.2) is 18.5 Å². The molecule has 0 aliphatic rings. The number of nitrogens with one attached hydrogen (secondary N) is 1. The summed E-state index contributed by atoms with van der Waals surface area (Å²) in [5, 5.41) is 4.90. The van der Waals surface area contributed by atoms with E-state index in [4.69, 9.17) is 4.74 Å². The predicted octanol–water partition coefficient (Wildman–Crippen LogP) is 4.52. The van der Waals surface area contributed by atoms with Gasteiger partial charge in [-0.2, -0.15) is 0 Å². The highest BCUT2D eigenvalue weighted by Crippen LogP contribution is 2.20. The van der Waals surface area contributed by atoms with Crippen LogP contribution in [0.3, 0.4) is 0 Å². The van der Waals surface area contributed by atoms with Crippen LogP contribution in [0.25, 0.3) is 10.8 Å². The van der Waals surface area contributed by atoms with Gasteiger partial charge in [-0.15, -0.1) is 0 Å². The Bertz CT molecular complexity index is 905. The van der Waals surface area contributed by atoms with Crippen LogP contribution in [0.5, 0.6) is 0 Å². The summed E-state index contributed by atoms with van der Waals surface area (Å²) in [7, 11) is 0. The fourth-order valence-corrected chi connectivity index (χ4v) is 2.82. The predicted molar refractivity (Wildman–Crippen MR) is 103 cm³/mol. The number of hydrogen-bond acceptors (Lipinski definition) is 3. The molecule has 26 heavy (non-hydrogen) atoms. The molecule has 0 radical (unpaired) electrons. The second-order valence-electron chi connectivity index (χ2n) is 6.29. The zero-order chi connectivity index (χ0) is 18.4. The SMILES string of the molecule is C[C@H](CC(=O)OCC(=O)Nc1ccc2ccccc2c1)c1ccccc1. The first-order chi connectivity index (χ1) is 12.6. The molecule has 0 heterocycles. The average molecular weight is 347 g/mol. The van der Waals surface area contributed by atoms with E-state index in [0.717, 1.165) is 16.3 Å². The number of fused-ring (bicyclic) bond motifs is 1. The van der Waals surface area contributed by atoms with E-state index >= 15 is 0 Å². The molecule has 0 spiro atoms. The van der Waals surface area contributed by atoms with Crippen LogP contribution < -0.4 is 5.32 Å². The Morgan fingerprint density at radius 2 is 1.62 bits per heavy atom. The van der Waals surface area contributed by atoms with Gasteiger partial charge < -0.3 is 10.1 Å². The third-order valence-electron chi connectivity index (χ3n) is 4.24. The van der Waals surface area contributed by atoms with Crippen LogP contribution in [0.1, 0.15) is 24.8 Å². The van der Waals surface area contributed by atoms with Crippen molar-refractivity contribution in [1.29, 1.82) is 0 Å². The van der Waals surface area contributed by atoms with Crippen LogP contribution >= 0.6 is 0 Å². The second-order valence-corrected chi connectivity index (χ2v) is 6.29. The minimum atomic E-state index is -0.380. The van der Waals surface area contributed by atoms with Crippen molar-refractivity contribution in [2.24, 2.45) is 0 Å². The van der Waals surface area contributed by atoms with Crippen molar-refractivity contribution in [3.63, 3.8) is 0 Å². The molecule has 3 rings (SSSR count). The molecule has 3 aromatic rings. The van der Waals surface area contributed by atoms with Crippen molar-refractivity contribution in [1.82, 2.24) is 0 Å². The molecule has 132 valence electrons. The molecule has 0 saturated heterocycles. The minimum Gasteiger partial charge on any atom is -0.456 e. The molecule has 0 aliphatic heterocycles. The molecule has 3 aromatic carbocycles. The maximum Gasteiger partial charge on any atom is 0.306 e. The van der Waals surface area contributed by atoms with Crippen molar-refractivity contribution < 1.29 is 14.3 Å². The van der Waals surface area contributed by atoms with Gasteiger partial charge in [0, 0.05) is 5.69 Å². The lowest BCUT2D eigenvalue weighted by Crippen LogP contribution is -2.21. The van der Waals surface area contributed by atoms with Crippen LogP contribution in [0, 0.1) is 0 Å². The molecule has 0 aromatic heterocycles. The topological polar surface area (TPSA) is 55.4 Å². The number of carbonyl (C=O) groups is 2. The van der Waals surface area contributed by atoms with Gasteiger partial charge in [0.25, 0.3) is 5.91 Å². The van der Waals surface area contributed by atoms with Gasteiger partial charge in [-0.3, -0.25) is 9.59 Å². The van der Waals surface area contributed by atoms with Crippen molar-refractivity contribution in [2.45, 2.75) is 19.3 Å². The fraction of sp³-hybridized carbons (Fsp3) is 0.182. The highest BCUT2D eigenvalue weighted by molar-refractivity contribution is 5.95. The van der Waals surface area contributed by atoms with Gasteiger partial charge in [0.2, 0.25) is 0 Å². The van der Waals surface area contributed by atoms with Crippen LogP contribution in [0.15, 0.2) is 72.8 Å². The molecular formula is C22H21NO3. The smallest absolute Gasteiger partial charge is 0.306 e. The highest BCUT2D eigenvalue weighted by Gasteiger charge is 2.13. The zero-order valence-corrected chi connectivity index (χ0v) is 14.6. The number of rotatable bonds is 6. The van der Waals surface area contributed by atoms with Crippen molar-refractivity contribution >= 4 is 28.3 Å². The summed E-state index contributed by atoms with van der Waals surface area (Å²) in [6.45, 7) is 1.68. The van der Waals surface area contributed by atoms with Crippen molar-refractivity contribution in [3.05, 3.63) is 78.4 Å². The van der Waals surface area contributed by atoms with Crippen LogP contribution in [0.4, 0.5) is 5.69 Å². The van der Waals surface area contributed by atoms with E-state index in [2.05, 4.69) is 5.32 Å². The third-order valence-corrected chi connectivity index (χ3v) is 4.24. The summed E-state index contributed by atoms with van der Waals surface area (Å²) >= 11 is 0. The van der Waals surface area contributed by atoms with Crippen LogP contribution in [0.2, 0.25) is 0 Å². The zero-order valence-electron chi connectivity index (χ0n) is 14.6. The van der Waals surface area contributed by atoms with Gasteiger partial charge in [0.05, 0.1) is 6.42 Å². The lowest BCUT2D eigenvalue weighted by atomic mass is 9.98. The fourth-order valence-electron chi connectivity index (χ4n) is 2.82. The summed E-state index contributed by atoms with van der Waals surface area (Å²) in [6.07, 6.45) is 0.243. The summed E-state index contributed by atoms with van der Waals surface area (Å²) in [6, 6.07) is 23.3. The van der Waals surface area contributed by atoms with Gasteiger partial charge in [0.15, 0.2) is 6.61 Å². The Hall–Kier alpha value is -3.14. The standard InChI is InChI=1S/C22H21NO3/c1-16(17-7-3-2-4-8-17)13-22(25)26-15-21(24)23-20-12-11-18-9-5-6-10-19(18)14-20/h2-12,14,16H,13,15H2,1H3,(H,23,24)/t16-/m1/s1. The number of esters is 1. The first-order valence-corrected chi connectivity index (χ1v) is 8.61. The van der Waals surface area contributed by atoms with Gasteiger partial charge in [-0.05, 0) is 34.4 Å². The number of amides is 1. The Morgan fingerprint density at radius 3 is 2.38 bits per heavy atom. The normalized spacial score (nSPS) is 11.7. The molecule has 0 unspecified atom stereocenters. The second kappa shape index (κ2) is 8.30. The van der Waals surface area contributed by atoms with Gasteiger partial charge >= 0.3 is 5.97 Å². The number of hydrogen-bond donors (Lipinski definition) is 1. The van der Waals surface area contributed by atoms with E-state index in [-0.39, 0.29) is 30.8 Å². The molecule has 1 N–H and O–H groups in total. The van der Waals surface area contributed by atoms with E-state index in [1.165, 1.54) is 0 Å². The molecule has 1 amide bonds. The molecule has 0 bridgehead atoms. The molecular weight excluding hydrogens is 326 g/mol. The number of carbonyl (C=O) groups excluding carboxylic acids is 2. The average Bonchev–Trinajstić information content (AvgIpc) is 2.67. The van der Waals surface area contributed by atoms with Gasteiger partial charge in [0.1, 0.15) is 0 Å². The number of anilines is 1. The quantitative estimate of drug-likeness (QED) is 0.667. The van der Waals surface area contributed by atoms with Crippen LogP contribution in [-0.2, 0) is 14.3 Å². The maximum atomic E-state index is 12.0. The molecule has 1 atom stereocenters. The Kier molecular flexibility index (Phi) is 5.64. The van der Waals surface area contributed by atoms with Crippen molar-refractivity contribution in [2.75, 3.05) is 11.9 Å². The number of benzene rings is 3. The summed E-state index contributed by atoms with van der Waals surface area (Å²) in [5.74, 6) is -0.678. The molecule has 4 heteroatoms. The first kappa shape index (κ1) is 17.7. The third kappa shape index (κ3) is 4.70. The van der Waals surface area contributed by atoms with Crippen molar-refractivity contribution in [3.8, 4) is 0 Å². The molecule has 0 saturated carbocycles. The summed E-state index contributed by atoms with van der Waals surface area (Å²) in [5.41, 5.74) is 1.76. The highest BCUT2D eigenvalue weighted by atomic mass is 16.5. The summed E-state index contributed by atoms with van der Waals surface area (Å²) in [4.78, 5) is 24.0. The minimum absolute atomic E-state index is 0.0484. The molecule has 0 fully saturated rings. The summed E-state index contributed by atoms with van der Waals surface area (Å²) < 4.78 is 5.10. The lowest BCUT2D eigenvalue weighted by molar-refractivity contribution is -0.147. The van der Waals surface area contributed by atoms with Gasteiger partial charge in [-0.1, -0.05) is 67.6 Å². The van der Waals surface area contributed by atoms with E-state index in [1.807, 2.05) is 79.7 Å². The molecule has 4 nitrogen and oxygen atoms in total. The Balaban J connectivity index is 1.49. The monoisotopic (exact) mass is 347 g/mol. The number of ether oxygens (including phenoxy) is 1. The Labute approximate surface area is 152 Å². The van der Waals surface area contributed by atoms with E-state index < -0.39 is 0 Å². The first-order valence-electron chi connectivity index (χ1n) is 8.61. The van der Waals surface area contributed by atoms with E-state index in [0.29, 0.717) is 5.69 Å². The van der Waals surface area contributed by atoms with E-state index in [9.17, 15) is 9.59 Å². The molecule has 0 aliphatic carbocycles. The van der Waals surface area contributed by atoms with E-state index in [1.54, 1.807) is 0 Å². The largest absolute Gasteiger partial charge is 0.456 e. The maximum absolute atomic E-state index is 12.0. The lowest BCUT2D eigenvalue weighted by Gasteiger charge is -2.11.